The summed E-state index contributed by atoms with van der Waals surface area (Å²) >= 11 is 0. The molecule has 0 radical (unpaired) electrons. The fourth-order valence-electron chi connectivity index (χ4n) is 2.43. The third-order valence-electron chi connectivity index (χ3n) is 3.57. The zero-order valence-electron chi connectivity index (χ0n) is 11.4. The van der Waals surface area contributed by atoms with Crippen LogP contribution in [-0.4, -0.2) is 7.05 Å². The predicted octanol–water partition coefficient (Wildman–Crippen LogP) is 4.06. The fourth-order valence-corrected chi connectivity index (χ4v) is 2.43. The van der Waals surface area contributed by atoms with Crippen LogP contribution < -0.4 is 5.32 Å². The standard InChI is InChI=1S/C17H21N/c1-13-9-11-16(12-10-13)17(18-3)14(2)15-7-5-4-6-8-15/h4-12,14,17-18H,1-3H3. The molecular weight excluding hydrogens is 218 g/mol. The largest absolute Gasteiger partial charge is 0.312 e. The van der Waals surface area contributed by atoms with Gasteiger partial charge in [0, 0.05) is 12.0 Å². The Labute approximate surface area is 110 Å². The van der Waals surface area contributed by atoms with E-state index < -0.39 is 0 Å². The van der Waals surface area contributed by atoms with Crippen LogP contribution in [0, 0.1) is 6.92 Å². The number of likely N-dealkylation sites (N-methyl/N-ethyl adjacent to an activating group) is 1. The van der Waals surface area contributed by atoms with E-state index in [4.69, 9.17) is 0 Å². The molecule has 0 saturated heterocycles. The predicted molar refractivity (Wildman–Crippen MR) is 77.8 cm³/mol. The number of benzene rings is 2. The van der Waals surface area contributed by atoms with E-state index in [0.29, 0.717) is 12.0 Å². The maximum Gasteiger partial charge on any atom is 0.0384 e. The Kier molecular flexibility index (Phi) is 4.16. The lowest BCUT2D eigenvalue weighted by molar-refractivity contribution is 0.508. The minimum atomic E-state index is 0.355. The summed E-state index contributed by atoms with van der Waals surface area (Å²) in [5.41, 5.74) is 4.03. The molecule has 2 unspecified atom stereocenters. The molecule has 2 rings (SSSR count). The average molecular weight is 239 g/mol. The zero-order chi connectivity index (χ0) is 13.0. The van der Waals surface area contributed by atoms with Crippen LogP contribution in [0.15, 0.2) is 54.6 Å². The smallest absolute Gasteiger partial charge is 0.0384 e. The molecule has 18 heavy (non-hydrogen) atoms. The van der Waals surface area contributed by atoms with E-state index in [-0.39, 0.29) is 0 Å². The molecule has 2 aromatic carbocycles. The van der Waals surface area contributed by atoms with Crippen LogP contribution in [0.25, 0.3) is 0 Å². The van der Waals surface area contributed by atoms with E-state index in [1.54, 1.807) is 0 Å². The molecule has 0 aliphatic carbocycles. The highest BCUT2D eigenvalue weighted by molar-refractivity contribution is 5.29. The van der Waals surface area contributed by atoms with Crippen molar-refractivity contribution < 1.29 is 0 Å². The number of hydrogen-bond acceptors (Lipinski definition) is 1. The molecule has 0 aliphatic rings. The van der Waals surface area contributed by atoms with Gasteiger partial charge in [-0.25, -0.2) is 0 Å². The van der Waals surface area contributed by atoms with E-state index in [0.717, 1.165) is 0 Å². The quantitative estimate of drug-likeness (QED) is 0.848. The van der Waals surface area contributed by atoms with Crippen molar-refractivity contribution >= 4 is 0 Å². The van der Waals surface area contributed by atoms with E-state index in [2.05, 4.69) is 73.8 Å². The summed E-state index contributed by atoms with van der Waals surface area (Å²) in [6.07, 6.45) is 0. The van der Waals surface area contributed by atoms with Gasteiger partial charge in [-0.3, -0.25) is 0 Å². The van der Waals surface area contributed by atoms with E-state index in [1.807, 2.05) is 7.05 Å². The molecule has 0 bridgehead atoms. The molecule has 0 fully saturated rings. The molecule has 2 aromatic rings. The van der Waals surface area contributed by atoms with Crippen LogP contribution in [0.1, 0.15) is 35.6 Å². The van der Waals surface area contributed by atoms with Gasteiger partial charge in [-0.05, 0) is 25.1 Å². The Morgan fingerprint density at radius 1 is 0.833 bits per heavy atom. The van der Waals surface area contributed by atoms with Crippen LogP contribution in [-0.2, 0) is 0 Å². The molecule has 94 valence electrons. The molecule has 2 atom stereocenters. The van der Waals surface area contributed by atoms with Crippen molar-refractivity contribution in [3.05, 3.63) is 71.3 Å². The molecule has 0 aliphatic heterocycles. The highest BCUT2D eigenvalue weighted by atomic mass is 14.9. The van der Waals surface area contributed by atoms with Crippen LogP contribution in [0.2, 0.25) is 0 Å². The van der Waals surface area contributed by atoms with Gasteiger partial charge in [0.05, 0.1) is 0 Å². The topological polar surface area (TPSA) is 12.0 Å². The van der Waals surface area contributed by atoms with Gasteiger partial charge in [0.25, 0.3) is 0 Å². The molecule has 0 heterocycles. The summed E-state index contributed by atoms with van der Waals surface area (Å²) in [5.74, 6) is 0.457. The minimum absolute atomic E-state index is 0.355. The Hall–Kier alpha value is -1.60. The summed E-state index contributed by atoms with van der Waals surface area (Å²) in [7, 11) is 2.03. The van der Waals surface area contributed by atoms with Crippen molar-refractivity contribution in [3.63, 3.8) is 0 Å². The first kappa shape index (κ1) is 12.8. The molecule has 0 aromatic heterocycles. The van der Waals surface area contributed by atoms with E-state index in [9.17, 15) is 0 Å². The SMILES string of the molecule is CNC(c1ccc(C)cc1)C(C)c1ccccc1. The third kappa shape index (κ3) is 2.80. The lowest BCUT2D eigenvalue weighted by atomic mass is 9.88. The summed E-state index contributed by atoms with van der Waals surface area (Å²) < 4.78 is 0. The molecule has 1 heteroatoms. The van der Waals surface area contributed by atoms with Crippen LogP contribution in [0.5, 0.6) is 0 Å². The van der Waals surface area contributed by atoms with Gasteiger partial charge in [0.1, 0.15) is 0 Å². The normalized spacial score (nSPS) is 14.2. The van der Waals surface area contributed by atoms with Crippen molar-refractivity contribution in [3.8, 4) is 0 Å². The van der Waals surface area contributed by atoms with Gasteiger partial charge >= 0.3 is 0 Å². The van der Waals surface area contributed by atoms with Crippen LogP contribution in [0.3, 0.4) is 0 Å². The third-order valence-corrected chi connectivity index (χ3v) is 3.57. The highest BCUT2D eigenvalue weighted by Gasteiger charge is 2.18. The van der Waals surface area contributed by atoms with E-state index in [1.165, 1.54) is 16.7 Å². The monoisotopic (exact) mass is 239 g/mol. The van der Waals surface area contributed by atoms with Gasteiger partial charge in [-0.15, -0.1) is 0 Å². The maximum atomic E-state index is 3.44. The Morgan fingerprint density at radius 3 is 2.00 bits per heavy atom. The maximum absolute atomic E-state index is 3.44. The van der Waals surface area contributed by atoms with Crippen LogP contribution in [0.4, 0.5) is 0 Å². The zero-order valence-corrected chi connectivity index (χ0v) is 11.4. The Balaban J connectivity index is 2.26. The lowest BCUT2D eigenvalue weighted by Crippen LogP contribution is -2.22. The van der Waals surface area contributed by atoms with Crippen molar-refractivity contribution in [2.75, 3.05) is 7.05 Å². The number of aryl methyl sites for hydroxylation is 1. The Morgan fingerprint density at radius 2 is 1.44 bits per heavy atom. The number of rotatable bonds is 4. The average Bonchev–Trinajstić information content (AvgIpc) is 2.42. The molecule has 0 spiro atoms. The summed E-state index contributed by atoms with van der Waals surface area (Å²) in [4.78, 5) is 0. The highest BCUT2D eigenvalue weighted by Crippen LogP contribution is 2.30. The molecule has 1 N–H and O–H groups in total. The van der Waals surface area contributed by atoms with Crippen molar-refractivity contribution in [1.29, 1.82) is 0 Å². The number of hydrogen-bond donors (Lipinski definition) is 1. The fraction of sp³-hybridized carbons (Fsp3) is 0.294. The molecular formula is C17H21N. The second-order valence-electron chi connectivity index (χ2n) is 4.88. The summed E-state index contributed by atoms with van der Waals surface area (Å²) in [6.45, 7) is 4.40. The van der Waals surface area contributed by atoms with Crippen molar-refractivity contribution in [1.82, 2.24) is 5.32 Å². The van der Waals surface area contributed by atoms with Gasteiger partial charge in [0.15, 0.2) is 0 Å². The van der Waals surface area contributed by atoms with Gasteiger partial charge < -0.3 is 5.32 Å². The minimum Gasteiger partial charge on any atom is -0.312 e. The summed E-state index contributed by atoms with van der Waals surface area (Å²) in [6, 6.07) is 19.8. The number of nitrogens with one attached hydrogen (secondary N) is 1. The van der Waals surface area contributed by atoms with Crippen molar-refractivity contribution in [2.45, 2.75) is 25.8 Å². The van der Waals surface area contributed by atoms with E-state index >= 15 is 0 Å². The van der Waals surface area contributed by atoms with Crippen LogP contribution >= 0.6 is 0 Å². The second kappa shape index (κ2) is 5.83. The summed E-state index contributed by atoms with van der Waals surface area (Å²) in [5, 5.41) is 3.44. The van der Waals surface area contributed by atoms with Gasteiger partial charge in [0.2, 0.25) is 0 Å². The first-order valence-corrected chi connectivity index (χ1v) is 6.51. The van der Waals surface area contributed by atoms with Gasteiger partial charge in [-0.2, -0.15) is 0 Å². The molecule has 0 saturated carbocycles. The Bertz CT molecular complexity index is 473. The first-order valence-electron chi connectivity index (χ1n) is 6.51. The lowest BCUT2D eigenvalue weighted by Gasteiger charge is -2.24. The molecule has 0 amide bonds. The van der Waals surface area contributed by atoms with Crippen molar-refractivity contribution in [2.24, 2.45) is 0 Å². The van der Waals surface area contributed by atoms with Gasteiger partial charge in [-0.1, -0.05) is 67.1 Å². The first-order chi connectivity index (χ1) is 8.72. The second-order valence-corrected chi connectivity index (χ2v) is 4.88. The molecule has 1 nitrogen and oxygen atoms in total.